The first-order chi connectivity index (χ1) is 2.56. The van der Waals surface area contributed by atoms with Crippen LogP contribution in [0, 0.1) is 0 Å². The Balaban J connectivity index is 3.48. The fourth-order valence-electron chi connectivity index (χ4n) is 0. The zero-order chi connectivity index (χ0) is 5.21. The summed E-state index contributed by atoms with van der Waals surface area (Å²) in [5.41, 5.74) is 0. The molecule has 0 atom stereocenters. The van der Waals surface area contributed by atoms with E-state index in [0.717, 1.165) is 0 Å². The van der Waals surface area contributed by atoms with Gasteiger partial charge in [-0.2, -0.15) is 0 Å². The number of aliphatic hydroxyl groups is 1. The van der Waals surface area contributed by atoms with Crippen LogP contribution in [0.5, 0.6) is 0 Å². The zero-order valence-electron chi connectivity index (χ0n) is 4.01. The van der Waals surface area contributed by atoms with E-state index in [1.54, 1.807) is 13.3 Å². The molecular formula is C3H9O2P. The van der Waals surface area contributed by atoms with Crippen LogP contribution in [0.4, 0.5) is 0 Å². The third kappa shape index (κ3) is 4.19. The van der Waals surface area contributed by atoms with E-state index in [0.29, 0.717) is 0 Å². The van der Waals surface area contributed by atoms with Crippen LogP contribution in [0.3, 0.4) is 0 Å². The maximum Gasteiger partial charge on any atom is 0.106 e. The summed E-state index contributed by atoms with van der Waals surface area (Å²) in [5, 5.41) is 8.14. The molecule has 0 heterocycles. The van der Waals surface area contributed by atoms with Gasteiger partial charge in [0.1, 0.15) is 7.14 Å². The summed E-state index contributed by atoms with van der Waals surface area (Å²) in [6.07, 6.45) is -0.174. The van der Waals surface area contributed by atoms with Crippen molar-refractivity contribution < 1.29 is 9.67 Å². The van der Waals surface area contributed by atoms with Gasteiger partial charge in [0.2, 0.25) is 0 Å². The Bertz CT molecular complexity index is 72.9. The average Bonchev–Trinajstić information content (AvgIpc) is 1.35. The zero-order valence-corrected chi connectivity index (χ0v) is 4.90. The predicted molar refractivity (Wildman–Crippen MR) is 26.5 cm³/mol. The molecule has 0 radical (unpaired) electrons. The first kappa shape index (κ1) is 6.19. The van der Waals surface area contributed by atoms with Crippen LogP contribution in [0.25, 0.3) is 0 Å². The fourth-order valence-corrected chi connectivity index (χ4v) is 0. The van der Waals surface area contributed by atoms with E-state index in [-0.39, 0.29) is 6.35 Å². The van der Waals surface area contributed by atoms with Gasteiger partial charge in [-0.1, -0.05) is 0 Å². The molecule has 38 valence electrons. The molecule has 0 saturated heterocycles. The van der Waals surface area contributed by atoms with Crippen molar-refractivity contribution in [1.82, 2.24) is 0 Å². The standard InChI is InChI=1S/C3H9O2P/c1-6(2,5)3-4/h4H,3H2,1-2H3. The van der Waals surface area contributed by atoms with Crippen molar-refractivity contribution in [3.05, 3.63) is 0 Å². The predicted octanol–water partition coefficient (Wildman–Crippen LogP) is 0.559. The lowest BCUT2D eigenvalue weighted by Gasteiger charge is -1.95. The molecule has 0 aromatic rings. The molecule has 0 aromatic carbocycles. The first-order valence-electron chi connectivity index (χ1n) is 1.71. The van der Waals surface area contributed by atoms with Crippen molar-refractivity contribution in [2.75, 3.05) is 19.7 Å². The molecule has 0 fully saturated rings. The minimum atomic E-state index is -2.09. The van der Waals surface area contributed by atoms with E-state index < -0.39 is 7.14 Å². The largest absolute Gasteiger partial charge is 0.389 e. The molecule has 3 heteroatoms. The fraction of sp³-hybridized carbons (Fsp3) is 1.00. The summed E-state index contributed by atoms with van der Waals surface area (Å²) in [7, 11) is -2.09. The highest BCUT2D eigenvalue weighted by molar-refractivity contribution is 7.62. The Morgan fingerprint density at radius 2 is 1.83 bits per heavy atom. The third-order valence-corrected chi connectivity index (χ3v) is 1.02. The van der Waals surface area contributed by atoms with E-state index in [1.165, 1.54) is 0 Å². The number of hydrogen-bond donors (Lipinski definition) is 1. The van der Waals surface area contributed by atoms with E-state index in [9.17, 15) is 4.57 Å². The summed E-state index contributed by atoms with van der Waals surface area (Å²) in [6.45, 7) is 3.10. The molecule has 0 saturated carbocycles. The minimum absolute atomic E-state index is 0.174. The quantitative estimate of drug-likeness (QED) is 0.498. The van der Waals surface area contributed by atoms with Crippen LogP contribution in [-0.2, 0) is 4.57 Å². The lowest BCUT2D eigenvalue weighted by Crippen LogP contribution is -1.79. The van der Waals surface area contributed by atoms with Gasteiger partial charge in [-0.05, 0) is 13.3 Å². The maximum atomic E-state index is 10.3. The minimum Gasteiger partial charge on any atom is -0.389 e. The van der Waals surface area contributed by atoms with E-state index >= 15 is 0 Å². The van der Waals surface area contributed by atoms with Gasteiger partial charge in [0, 0.05) is 0 Å². The molecule has 0 aliphatic carbocycles. The Kier molecular flexibility index (Phi) is 1.82. The molecule has 0 rings (SSSR count). The second-order valence-corrected chi connectivity index (χ2v) is 5.15. The second-order valence-electron chi connectivity index (χ2n) is 1.72. The Hall–Kier alpha value is 0.190. The number of aliphatic hydroxyl groups excluding tert-OH is 1. The Morgan fingerprint density at radius 3 is 1.83 bits per heavy atom. The maximum absolute atomic E-state index is 10.3. The van der Waals surface area contributed by atoms with Crippen molar-refractivity contribution in [2.45, 2.75) is 0 Å². The normalized spacial score (nSPS) is 11.8. The Morgan fingerprint density at radius 1 is 1.67 bits per heavy atom. The average molecular weight is 108 g/mol. The molecule has 0 unspecified atom stereocenters. The number of rotatable bonds is 1. The van der Waals surface area contributed by atoms with Gasteiger partial charge in [0.15, 0.2) is 0 Å². The van der Waals surface area contributed by atoms with Gasteiger partial charge in [0.25, 0.3) is 0 Å². The topological polar surface area (TPSA) is 37.3 Å². The molecule has 2 nitrogen and oxygen atoms in total. The van der Waals surface area contributed by atoms with Crippen molar-refractivity contribution in [1.29, 1.82) is 0 Å². The van der Waals surface area contributed by atoms with Gasteiger partial charge in [-0.3, -0.25) is 0 Å². The highest BCUT2D eigenvalue weighted by Gasteiger charge is 2.00. The van der Waals surface area contributed by atoms with E-state index in [4.69, 9.17) is 5.11 Å². The molecule has 0 aliphatic rings. The van der Waals surface area contributed by atoms with Gasteiger partial charge in [0.05, 0.1) is 6.35 Å². The van der Waals surface area contributed by atoms with Crippen LogP contribution < -0.4 is 0 Å². The van der Waals surface area contributed by atoms with E-state index in [1.807, 2.05) is 0 Å². The summed E-state index contributed by atoms with van der Waals surface area (Å²) in [4.78, 5) is 0. The first-order valence-corrected chi connectivity index (χ1v) is 4.50. The molecule has 0 bridgehead atoms. The van der Waals surface area contributed by atoms with Crippen molar-refractivity contribution in [2.24, 2.45) is 0 Å². The van der Waals surface area contributed by atoms with Crippen molar-refractivity contribution in [3.8, 4) is 0 Å². The summed E-state index contributed by atoms with van der Waals surface area (Å²) >= 11 is 0. The second kappa shape index (κ2) is 1.76. The lowest BCUT2D eigenvalue weighted by atomic mass is 11.7. The smallest absolute Gasteiger partial charge is 0.106 e. The monoisotopic (exact) mass is 108 g/mol. The number of hydrogen-bond acceptors (Lipinski definition) is 2. The van der Waals surface area contributed by atoms with Gasteiger partial charge >= 0.3 is 0 Å². The van der Waals surface area contributed by atoms with Gasteiger partial charge in [-0.25, -0.2) is 0 Å². The Labute approximate surface area is 37.6 Å². The van der Waals surface area contributed by atoms with Crippen LogP contribution >= 0.6 is 7.14 Å². The molecule has 1 N–H and O–H groups in total. The highest BCUT2D eigenvalue weighted by atomic mass is 31.2. The molecule has 0 amide bonds. The summed E-state index contributed by atoms with van der Waals surface area (Å²) < 4.78 is 10.3. The summed E-state index contributed by atoms with van der Waals surface area (Å²) in [5.74, 6) is 0. The van der Waals surface area contributed by atoms with Gasteiger partial charge < -0.3 is 9.67 Å². The molecule has 0 spiro atoms. The summed E-state index contributed by atoms with van der Waals surface area (Å²) in [6, 6.07) is 0. The SMILES string of the molecule is CP(C)(=O)CO. The highest BCUT2D eigenvalue weighted by Crippen LogP contribution is 2.33. The third-order valence-electron chi connectivity index (χ3n) is 0.341. The lowest BCUT2D eigenvalue weighted by molar-refractivity contribution is 0.360. The molecule has 6 heavy (non-hydrogen) atoms. The van der Waals surface area contributed by atoms with E-state index in [2.05, 4.69) is 0 Å². The van der Waals surface area contributed by atoms with Crippen molar-refractivity contribution >= 4 is 7.14 Å². The van der Waals surface area contributed by atoms with Crippen molar-refractivity contribution in [3.63, 3.8) is 0 Å². The van der Waals surface area contributed by atoms with Crippen LogP contribution in [0.2, 0.25) is 0 Å². The molecule has 0 aliphatic heterocycles. The van der Waals surface area contributed by atoms with Crippen LogP contribution in [0.15, 0.2) is 0 Å². The van der Waals surface area contributed by atoms with Gasteiger partial charge in [-0.15, -0.1) is 0 Å². The van der Waals surface area contributed by atoms with Crippen LogP contribution in [-0.4, -0.2) is 24.8 Å². The molecular weight excluding hydrogens is 99.0 g/mol. The molecule has 0 aromatic heterocycles. The van der Waals surface area contributed by atoms with Crippen LogP contribution in [0.1, 0.15) is 0 Å².